The molecule has 0 atom stereocenters. The van der Waals surface area contributed by atoms with Crippen molar-refractivity contribution in [2.24, 2.45) is 0 Å². The van der Waals surface area contributed by atoms with Crippen LogP contribution in [-0.2, 0) is 6.42 Å². The molecule has 0 fully saturated rings. The Labute approximate surface area is 217 Å². The molecule has 176 valence electrons. The molecule has 0 aliphatic carbocycles. The highest BCUT2D eigenvalue weighted by Gasteiger charge is 2.42. The first-order valence-electron chi connectivity index (χ1n) is 13.5. The largest absolute Gasteiger partial charge is 0.375 e. The lowest BCUT2D eigenvalue weighted by Crippen LogP contribution is -2.56. The maximum Gasteiger partial charge on any atom is 0.333 e. The average molecular weight is 474 g/mol. The van der Waals surface area contributed by atoms with Gasteiger partial charge in [0, 0.05) is 44.4 Å². The van der Waals surface area contributed by atoms with Gasteiger partial charge >= 0.3 is 6.85 Å². The van der Waals surface area contributed by atoms with Gasteiger partial charge in [0.05, 0.1) is 0 Å². The van der Waals surface area contributed by atoms with Gasteiger partial charge in [-0.2, -0.15) is 0 Å². The van der Waals surface area contributed by atoms with Gasteiger partial charge in [0.25, 0.3) is 0 Å². The van der Waals surface area contributed by atoms with Crippen molar-refractivity contribution >= 4 is 56.6 Å². The van der Waals surface area contributed by atoms with Gasteiger partial charge in [0.1, 0.15) is 0 Å². The van der Waals surface area contributed by atoms with Gasteiger partial charge in [0.2, 0.25) is 0 Å². The van der Waals surface area contributed by atoms with Gasteiger partial charge in [-0.3, -0.25) is 0 Å². The van der Waals surface area contributed by atoms with Crippen LogP contribution in [0.3, 0.4) is 0 Å². The summed E-state index contributed by atoms with van der Waals surface area (Å²) in [6, 6.07) is 40.5. The Morgan fingerprint density at radius 2 is 1.46 bits per heavy atom. The smallest absolute Gasteiger partial charge is 0.333 e. The summed E-state index contributed by atoms with van der Waals surface area (Å²) < 4.78 is 2.64. The summed E-state index contributed by atoms with van der Waals surface area (Å²) in [5, 5.41) is 2.69. The zero-order chi connectivity index (χ0) is 24.5. The molecule has 0 bridgehead atoms. The third kappa shape index (κ3) is 2.77. The van der Waals surface area contributed by atoms with Gasteiger partial charge in [-0.25, -0.2) is 0 Å². The number of unbranched alkanes of at least 4 members (excludes halogenated alkanes) is 1. The molecule has 3 heteroatoms. The van der Waals surface area contributed by atoms with Gasteiger partial charge in [-0.05, 0) is 65.2 Å². The number of fused-ring (bicyclic) bond motifs is 7. The quantitative estimate of drug-likeness (QED) is 0.239. The number of aromatic nitrogens is 1. The highest BCUT2D eigenvalue weighted by atomic mass is 15.2. The molecular formula is C34H27BN2. The van der Waals surface area contributed by atoms with E-state index in [1.807, 2.05) is 0 Å². The molecule has 0 unspecified atom stereocenters. The molecule has 0 radical (unpaired) electrons. The van der Waals surface area contributed by atoms with Crippen molar-refractivity contribution in [2.75, 3.05) is 4.90 Å². The number of benzene rings is 5. The third-order valence-corrected chi connectivity index (χ3v) is 8.37. The Morgan fingerprint density at radius 3 is 2.35 bits per heavy atom. The SMILES string of the molecule is CCCCc1ccc2c3c1-c1cccc4c5ccccc5n(c14)B3c1ccccc1N2c1ccccc1. The lowest BCUT2D eigenvalue weighted by molar-refractivity contribution is 0.796. The van der Waals surface area contributed by atoms with E-state index in [-0.39, 0.29) is 6.85 Å². The van der Waals surface area contributed by atoms with Gasteiger partial charge in [0.15, 0.2) is 0 Å². The van der Waals surface area contributed by atoms with Crippen LogP contribution < -0.4 is 15.8 Å². The van der Waals surface area contributed by atoms with Crippen LogP contribution in [0.4, 0.5) is 17.1 Å². The van der Waals surface area contributed by atoms with E-state index in [0.717, 1.165) is 6.42 Å². The summed E-state index contributed by atoms with van der Waals surface area (Å²) >= 11 is 0. The van der Waals surface area contributed by atoms with Crippen molar-refractivity contribution in [3.8, 4) is 11.1 Å². The normalized spacial score (nSPS) is 13.2. The zero-order valence-electron chi connectivity index (χ0n) is 21.0. The van der Waals surface area contributed by atoms with E-state index in [9.17, 15) is 0 Å². The summed E-state index contributed by atoms with van der Waals surface area (Å²) in [4.78, 5) is 2.48. The Bertz CT molecular complexity index is 1830. The first-order valence-corrected chi connectivity index (χ1v) is 13.5. The van der Waals surface area contributed by atoms with E-state index >= 15 is 0 Å². The molecule has 0 saturated heterocycles. The molecule has 3 heterocycles. The van der Waals surface area contributed by atoms with Crippen LogP contribution in [0.1, 0.15) is 25.3 Å². The molecule has 2 aliphatic heterocycles. The molecule has 6 aromatic rings. The summed E-state index contributed by atoms with van der Waals surface area (Å²) in [6.07, 6.45) is 3.51. The molecule has 0 N–H and O–H groups in total. The molecule has 37 heavy (non-hydrogen) atoms. The molecule has 0 saturated carbocycles. The standard InChI is InChI=1S/C34H27BN2/c1-2-3-12-23-21-22-31-33-32(23)27-17-11-16-26-25-15-7-9-19-29(25)37(34(26)27)35(33)28-18-8-10-20-30(28)36(31)24-13-5-4-6-14-24/h4-11,13-22H,2-3,12H2,1H3. The number of hydrogen-bond donors (Lipinski definition) is 0. The molecule has 2 aliphatic rings. The van der Waals surface area contributed by atoms with Gasteiger partial charge in [-0.1, -0.05) is 92.2 Å². The van der Waals surface area contributed by atoms with E-state index in [1.165, 1.54) is 79.3 Å². The Balaban J connectivity index is 1.56. The van der Waals surface area contributed by atoms with E-state index in [0.29, 0.717) is 0 Å². The minimum atomic E-state index is 0.139. The average Bonchev–Trinajstić information content (AvgIpc) is 3.30. The second-order valence-electron chi connectivity index (χ2n) is 10.4. The van der Waals surface area contributed by atoms with E-state index < -0.39 is 0 Å². The minimum absolute atomic E-state index is 0.139. The third-order valence-electron chi connectivity index (χ3n) is 8.37. The molecule has 1 aromatic heterocycles. The topological polar surface area (TPSA) is 8.17 Å². The van der Waals surface area contributed by atoms with Crippen LogP contribution >= 0.6 is 0 Å². The molecular weight excluding hydrogens is 447 g/mol. The Morgan fingerprint density at radius 1 is 0.676 bits per heavy atom. The zero-order valence-corrected chi connectivity index (χ0v) is 21.0. The van der Waals surface area contributed by atoms with E-state index in [2.05, 4.69) is 125 Å². The minimum Gasteiger partial charge on any atom is -0.375 e. The van der Waals surface area contributed by atoms with Crippen molar-refractivity contribution in [3.63, 3.8) is 0 Å². The number of nitrogens with zero attached hydrogens (tertiary/aromatic N) is 2. The predicted molar refractivity (Wildman–Crippen MR) is 159 cm³/mol. The maximum absolute atomic E-state index is 2.64. The highest BCUT2D eigenvalue weighted by molar-refractivity contribution is 6.90. The number of hydrogen-bond acceptors (Lipinski definition) is 1. The second-order valence-corrected chi connectivity index (χ2v) is 10.4. The van der Waals surface area contributed by atoms with Crippen LogP contribution in [0, 0.1) is 0 Å². The van der Waals surface area contributed by atoms with Crippen LogP contribution in [0.15, 0.2) is 109 Å². The summed E-state index contributed by atoms with van der Waals surface area (Å²) in [6.45, 7) is 2.43. The van der Waals surface area contributed by atoms with E-state index in [1.54, 1.807) is 0 Å². The Kier molecular flexibility index (Phi) is 4.45. The molecule has 0 amide bonds. The van der Waals surface area contributed by atoms with Crippen molar-refractivity contribution in [1.29, 1.82) is 0 Å². The lowest BCUT2D eigenvalue weighted by atomic mass is 9.44. The fraction of sp³-hybridized carbons (Fsp3) is 0.118. The first-order chi connectivity index (χ1) is 18.4. The maximum atomic E-state index is 2.64. The van der Waals surface area contributed by atoms with Gasteiger partial charge < -0.3 is 9.38 Å². The molecule has 5 aromatic carbocycles. The van der Waals surface area contributed by atoms with Crippen molar-refractivity contribution in [2.45, 2.75) is 26.2 Å². The van der Waals surface area contributed by atoms with Crippen LogP contribution in [0.5, 0.6) is 0 Å². The van der Waals surface area contributed by atoms with Crippen molar-refractivity contribution in [3.05, 3.63) is 115 Å². The lowest BCUT2D eigenvalue weighted by Gasteiger charge is -2.41. The van der Waals surface area contributed by atoms with Gasteiger partial charge in [-0.15, -0.1) is 0 Å². The number of aryl methyl sites for hydroxylation is 1. The molecule has 8 rings (SSSR count). The first kappa shape index (κ1) is 20.9. The number of anilines is 3. The molecule has 2 nitrogen and oxygen atoms in total. The van der Waals surface area contributed by atoms with Crippen molar-refractivity contribution < 1.29 is 0 Å². The summed E-state index contributed by atoms with van der Waals surface area (Å²) in [5.74, 6) is 0. The fourth-order valence-corrected chi connectivity index (χ4v) is 6.87. The van der Waals surface area contributed by atoms with E-state index in [4.69, 9.17) is 0 Å². The summed E-state index contributed by atoms with van der Waals surface area (Å²) in [5.41, 5.74) is 13.6. The van der Waals surface area contributed by atoms with Crippen LogP contribution in [0.25, 0.3) is 32.9 Å². The van der Waals surface area contributed by atoms with Crippen LogP contribution in [-0.4, -0.2) is 11.3 Å². The second kappa shape index (κ2) is 7.88. The highest BCUT2D eigenvalue weighted by Crippen LogP contribution is 2.45. The van der Waals surface area contributed by atoms with Crippen LogP contribution in [0.2, 0.25) is 0 Å². The fourth-order valence-electron chi connectivity index (χ4n) is 6.87. The Hall–Kier alpha value is -4.24. The predicted octanol–water partition coefficient (Wildman–Crippen LogP) is 7.55. The number of para-hydroxylation sites is 4. The number of rotatable bonds is 4. The summed E-state index contributed by atoms with van der Waals surface area (Å²) in [7, 11) is 0. The molecule has 0 spiro atoms. The van der Waals surface area contributed by atoms with Crippen molar-refractivity contribution in [1.82, 2.24) is 4.48 Å². The monoisotopic (exact) mass is 474 g/mol.